The maximum absolute atomic E-state index is 4.46. The minimum Gasteiger partial charge on any atom is -0.281 e. The Labute approximate surface area is 102 Å². The molecule has 1 heterocycles. The predicted molar refractivity (Wildman–Crippen MR) is 71.3 cm³/mol. The lowest BCUT2D eigenvalue weighted by Crippen LogP contribution is -1.98. The van der Waals surface area contributed by atoms with E-state index in [2.05, 4.69) is 35.3 Å². The summed E-state index contributed by atoms with van der Waals surface area (Å²) in [5.74, 6) is 0.698. The highest BCUT2D eigenvalue weighted by Crippen LogP contribution is 2.35. The van der Waals surface area contributed by atoms with E-state index in [0.717, 1.165) is 5.52 Å². The number of aromatic nitrogens is 2. The fraction of sp³-hybridized carbons (Fsp3) is 0.533. The van der Waals surface area contributed by atoms with Crippen LogP contribution in [-0.4, -0.2) is 10.2 Å². The van der Waals surface area contributed by atoms with Crippen LogP contribution >= 0.6 is 0 Å². The first kappa shape index (κ1) is 10.8. The molecule has 1 aliphatic rings. The SMILES string of the molecule is Cc1cccc2n[nH]c(C3CCCCCC3)c12. The van der Waals surface area contributed by atoms with Crippen LogP contribution in [0.4, 0.5) is 0 Å². The fourth-order valence-corrected chi connectivity index (χ4v) is 3.14. The Morgan fingerprint density at radius 1 is 1.12 bits per heavy atom. The number of rotatable bonds is 1. The maximum atomic E-state index is 4.46. The lowest BCUT2D eigenvalue weighted by atomic mass is 9.93. The summed E-state index contributed by atoms with van der Waals surface area (Å²) in [6.07, 6.45) is 8.20. The van der Waals surface area contributed by atoms with E-state index in [9.17, 15) is 0 Å². The van der Waals surface area contributed by atoms with Gasteiger partial charge in [-0.25, -0.2) is 0 Å². The van der Waals surface area contributed by atoms with Crippen molar-refractivity contribution in [2.45, 2.75) is 51.4 Å². The molecule has 1 N–H and O–H groups in total. The second kappa shape index (κ2) is 4.52. The minimum atomic E-state index is 0.698. The van der Waals surface area contributed by atoms with Gasteiger partial charge in [-0.3, -0.25) is 5.10 Å². The summed E-state index contributed by atoms with van der Waals surface area (Å²) in [5.41, 5.74) is 3.87. The topological polar surface area (TPSA) is 28.7 Å². The number of nitrogens with one attached hydrogen (secondary N) is 1. The number of fused-ring (bicyclic) bond motifs is 1. The van der Waals surface area contributed by atoms with E-state index < -0.39 is 0 Å². The van der Waals surface area contributed by atoms with Crippen LogP contribution < -0.4 is 0 Å². The van der Waals surface area contributed by atoms with Crippen molar-refractivity contribution in [2.24, 2.45) is 0 Å². The zero-order chi connectivity index (χ0) is 11.7. The molecule has 0 amide bonds. The molecule has 1 fully saturated rings. The first-order valence-corrected chi connectivity index (χ1v) is 6.80. The van der Waals surface area contributed by atoms with Gasteiger partial charge in [-0.15, -0.1) is 0 Å². The Hall–Kier alpha value is -1.31. The van der Waals surface area contributed by atoms with Crippen molar-refractivity contribution in [3.63, 3.8) is 0 Å². The van der Waals surface area contributed by atoms with Crippen LogP contribution in [-0.2, 0) is 0 Å². The summed E-state index contributed by atoms with van der Waals surface area (Å²) in [7, 11) is 0. The quantitative estimate of drug-likeness (QED) is 0.724. The van der Waals surface area contributed by atoms with Gasteiger partial charge in [0, 0.05) is 17.0 Å². The van der Waals surface area contributed by atoms with E-state index in [4.69, 9.17) is 0 Å². The molecule has 1 aromatic carbocycles. The van der Waals surface area contributed by atoms with Crippen LogP contribution in [0.2, 0.25) is 0 Å². The Balaban J connectivity index is 2.04. The normalized spacial score (nSPS) is 18.4. The van der Waals surface area contributed by atoms with Crippen molar-refractivity contribution < 1.29 is 0 Å². The molecule has 0 aliphatic heterocycles. The van der Waals surface area contributed by atoms with E-state index in [1.54, 1.807) is 0 Å². The average molecular weight is 228 g/mol. The maximum Gasteiger partial charge on any atom is 0.0926 e. The van der Waals surface area contributed by atoms with Gasteiger partial charge in [0.15, 0.2) is 0 Å². The molecule has 0 saturated heterocycles. The Morgan fingerprint density at radius 2 is 1.88 bits per heavy atom. The van der Waals surface area contributed by atoms with Gasteiger partial charge in [-0.1, -0.05) is 37.8 Å². The number of H-pyrrole nitrogens is 1. The number of hydrogen-bond acceptors (Lipinski definition) is 1. The highest BCUT2D eigenvalue weighted by Gasteiger charge is 2.19. The highest BCUT2D eigenvalue weighted by molar-refractivity contribution is 5.85. The third-order valence-electron chi connectivity index (χ3n) is 4.08. The van der Waals surface area contributed by atoms with Crippen molar-refractivity contribution >= 4 is 10.9 Å². The Morgan fingerprint density at radius 3 is 2.65 bits per heavy atom. The molecule has 1 aromatic heterocycles. The molecule has 90 valence electrons. The molecule has 1 saturated carbocycles. The number of hydrogen-bond donors (Lipinski definition) is 1. The number of nitrogens with zero attached hydrogens (tertiary/aromatic N) is 1. The van der Waals surface area contributed by atoms with Crippen LogP contribution in [0.1, 0.15) is 55.7 Å². The van der Waals surface area contributed by atoms with Crippen molar-refractivity contribution in [2.75, 3.05) is 0 Å². The van der Waals surface area contributed by atoms with Gasteiger partial charge in [0.1, 0.15) is 0 Å². The third-order valence-corrected chi connectivity index (χ3v) is 4.08. The summed E-state index contributed by atoms with van der Waals surface area (Å²) in [5, 5.41) is 9.14. The molecule has 2 nitrogen and oxygen atoms in total. The van der Waals surface area contributed by atoms with E-state index in [-0.39, 0.29) is 0 Å². The van der Waals surface area contributed by atoms with Gasteiger partial charge in [-0.2, -0.15) is 5.10 Å². The van der Waals surface area contributed by atoms with E-state index in [1.807, 2.05) is 0 Å². The average Bonchev–Trinajstić information content (AvgIpc) is 2.59. The first-order chi connectivity index (χ1) is 8.36. The van der Waals surface area contributed by atoms with Crippen LogP contribution in [0.5, 0.6) is 0 Å². The van der Waals surface area contributed by atoms with Gasteiger partial charge in [0.05, 0.1) is 5.52 Å². The molecule has 0 bridgehead atoms. The summed E-state index contributed by atoms with van der Waals surface area (Å²) >= 11 is 0. The first-order valence-electron chi connectivity index (χ1n) is 6.80. The number of aromatic amines is 1. The van der Waals surface area contributed by atoms with Crippen molar-refractivity contribution in [3.05, 3.63) is 29.5 Å². The van der Waals surface area contributed by atoms with Gasteiger partial charge in [0.2, 0.25) is 0 Å². The molecular formula is C15H20N2. The highest BCUT2D eigenvalue weighted by atomic mass is 15.1. The number of aryl methyl sites for hydroxylation is 1. The molecule has 0 unspecified atom stereocenters. The van der Waals surface area contributed by atoms with Gasteiger partial charge >= 0.3 is 0 Å². The molecule has 0 radical (unpaired) electrons. The van der Waals surface area contributed by atoms with E-state index in [0.29, 0.717) is 5.92 Å². The van der Waals surface area contributed by atoms with Gasteiger partial charge < -0.3 is 0 Å². The lowest BCUT2D eigenvalue weighted by molar-refractivity contribution is 0.579. The molecule has 0 spiro atoms. The van der Waals surface area contributed by atoms with Gasteiger partial charge in [-0.05, 0) is 31.4 Å². The van der Waals surface area contributed by atoms with Crippen LogP contribution in [0.25, 0.3) is 10.9 Å². The monoisotopic (exact) mass is 228 g/mol. The van der Waals surface area contributed by atoms with Crippen molar-refractivity contribution in [3.8, 4) is 0 Å². The lowest BCUT2D eigenvalue weighted by Gasteiger charge is -2.13. The number of benzene rings is 1. The zero-order valence-corrected chi connectivity index (χ0v) is 10.5. The van der Waals surface area contributed by atoms with E-state index in [1.165, 1.54) is 55.2 Å². The van der Waals surface area contributed by atoms with Crippen molar-refractivity contribution in [1.82, 2.24) is 10.2 Å². The second-order valence-electron chi connectivity index (χ2n) is 5.29. The summed E-state index contributed by atoms with van der Waals surface area (Å²) in [4.78, 5) is 0. The molecular weight excluding hydrogens is 208 g/mol. The molecule has 2 heteroatoms. The minimum absolute atomic E-state index is 0.698. The third kappa shape index (κ3) is 1.97. The molecule has 17 heavy (non-hydrogen) atoms. The fourth-order valence-electron chi connectivity index (χ4n) is 3.14. The largest absolute Gasteiger partial charge is 0.281 e. The molecule has 1 aliphatic carbocycles. The van der Waals surface area contributed by atoms with Crippen molar-refractivity contribution in [1.29, 1.82) is 0 Å². The molecule has 3 rings (SSSR count). The Kier molecular flexibility index (Phi) is 2.87. The second-order valence-corrected chi connectivity index (χ2v) is 5.29. The van der Waals surface area contributed by atoms with Crippen LogP contribution in [0.3, 0.4) is 0 Å². The molecule has 0 atom stereocenters. The summed E-state index contributed by atoms with van der Waals surface area (Å²) < 4.78 is 0. The Bertz CT molecular complexity index is 505. The summed E-state index contributed by atoms with van der Waals surface area (Å²) in [6, 6.07) is 6.40. The predicted octanol–water partition coefficient (Wildman–Crippen LogP) is 4.31. The summed E-state index contributed by atoms with van der Waals surface area (Å²) in [6.45, 7) is 2.19. The van der Waals surface area contributed by atoms with Gasteiger partial charge in [0.25, 0.3) is 0 Å². The van der Waals surface area contributed by atoms with Crippen LogP contribution in [0, 0.1) is 6.92 Å². The molecule has 2 aromatic rings. The smallest absolute Gasteiger partial charge is 0.0926 e. The van der Waals surface area contributed by atoms with E-state index >= 15 is 0 Å². The van der Waals surface area contributed by atoms with Crippen LogP contribution in [0.15, 0.2) is 18.2 Å². The zero-order valence-electron chi connectivity index (χ0n) is 10.5. The standard InChI is InChI=1S/C15H20N2/c1-11-7-6-10-13-14(11)15(17-16-13)12-8-4-2-3-5-9-12/h6-7,10,12H,2-5,8-9H2,1H3,(H,16,17).